The van der Waals surface area contributed by atoms with Crippen LogP contribution in [0.15, 0.2) is 12.2 Å². The molecule has 1 aliphatic rings. The topological polar surface area (TPSA) is 46.6 Å². The maximum Gasteiger partial charge on any atom is 0.312 e. The third-order valence-corrected chi connectivity index (χ3v) is 3.55. The molecule has 4 nitrogen and oxygen atoms in total. The quantitative estimate of drug-likeness (QED) is 0.580. The molecule has 0 N–H and O–H groups in total. The Morgan fingerprint density at radius 1 is 1.05 bits per heavy atom. The van der Waals surface area contributed by atoms with E-state index in [1.54, 1.807) is 0 Å². The van der Waals surface area contributed by atoms with Gasteiger partial charge in [-0.15, -0.1) is 0 Å². The largest absolute Gasteiger partial charge is 0.469 e. The van der Waals surface area contributed by atoms with E-state index in [0.29, 0.717) is 12.8 Å². The molecule has 0 aromatic rings. The third-order valence-electron chi connectivity index (χ3n) is 3.55. The SMILES string of the molecule is COC(=O)C1C=CC(C(=O)N(C(C)C)C(C)C)CC1. The highest BCUT2D eigenvalue weighted by molar-refractivity contribution is 5.82. The lowest BCUT2D eigenvalue weighted by Crippen LogP contribution is -2.45. The molecule has 2 atom stereocenters. The Morgan fingerprint density at radius 3 is 1.89 bits per heavy atom. The van der Waals surface area contributed by atoms with Crippen molar-refractivity contribution in [3.8, 4) is 0 Å². The summed E-state index contributed by atoms with van der Waals surface area (Å²) in [5, 5.41) is 0. The lowest BCUT2D eigenvalue weighted by atomic mass is 9.87. The molecule has 1 rings (SSSR count). The van der Waals surface area contributed by atoms with Gasteiger partial charge in [0, 0.05) is 12.1 Å². The molecule has 0 aromatic heterocycles. The average molecular weight is 267 g/mol. The van der Waals surface area contributed by atoms with Crippen molar-refractivity contribution >= 4 is 11.9 Å². The van der Waals surface area contributed by atoms with Crippen molar-refractivity contribution in [1.29, 1.82) is 0 Å². The van der Waals surface area contributed by atoms with Gasteiger partial charge in [-0.3, -0.25) is 9.59 Å². The van der Waals surface area contributed by atoms with Crippen LogP contribution in [-0.2, 0) is 14.3 Å². The summed E-state index contributed by atoms with van der Waals surface area (Å²) in [6, 6.07) is 0.387. The van der Waals surface area contributed by atoms with Crippen LogP contribution in [0.5, 0.6) is 0 Å². The van der Waals surface area contributed by atoms with Crippen molar-refractivity contribution in [2.24, 2.45) is 11.8 Å². The second-order valence-electron chi connectivity index (χ2n) is 5.63. The van der Waals surface area contributed by atoms with Crippen LogP contribution < -0.4 is 0 Å². The molecule has 0 saturated carbocycles. The number of carbonyl (C=O) groups excluding carboxylic acids is 2. The fraction of sp³-hybridized carbons (Fsp3) is 0.733. The lowest BCUT2D eigenvalue weighted by molar-refractivity contribution is -0.145. The highest BCUT2D eigenvalue weighted by atomic mass is 16.5. The van der Waals surface area contributed by atoms with Crippen molar-refractivity contribution in [1.82, 2.24) is 4.90 Å². The first-order chi connectivity index (χ1) is 8.88. The maximum absolute atomic E-state index is 12.5. The van der Waals surface area contributed by atoms with Crippen LogP contribution in [-0.4, -0.2) is 36.0 Å². The molecule has 0 aliphatic heterocycles. The summed E-state index contributed by atoms with van der Waals surface area (Å²) in [7, 11) is 1.40. The Balaban J connectivity index is 2.73. The molecule has 0 saturated heterocycles. The molecule has 0 radical (unpaired) electrons. The smallest absolute Gasteiger partial charge is 0.312 e. The van der Waals surface area contributed by atoms with E-state index in [0.717, 1.165) is 0 Å². The van der Waals surface area contributed by atoms with Gasteiger partial charge in [-0.05, 0) is 40.5 Å². The molecular formula is C15H25NO3. The predicted octanol–water partition coefficient (Wildman–Crippen LogP) is 2.39. The maximum atomic E-state index is 12.5. The molecule has 108 valence electrons. The van der Waals surface area contributed by atoms with Crippen LogP contribution in [0.25, 0.3) is 0 Å². The van der Waals surface area contributed by atoms with E-state index in [2.05, 4.69) is 0 Å². The van der Waals surface area contributed by atoms with Crippen molar-refractivity contribution < 1.29 is 14.3 Å². The first-order valence-corrected chi connectivity index (χ1v) is 6.96. The van der Waals surface area contributed by atoms with E-state index in [1.807, 2.05) is 44.7 Å². The van der Waals surface area contributed by atoms with Crippen LogP contribution in [0.4, 0.5) is 0 Å². The van der Waals surface area contributed by atoms with Crippen LogP contribution in [0.1, 0.15) is 40.5 Å². The molecule has 0 heterocycles. The second kappa shape index (κ2) is 6.73. The van der Waals surface area contributed by atoms with Gasteiger partial charge in [0.1, 0.15) is 0 Å². The second-order valence-corrected chi connectivity index (χ2v) is 5.63. The molecule has 0 aromatic carbocycles. The first kappa shape index (κ1) is 15.7. The van der Waals surface area contributed by atoms with Crippen molar-refractivity contribution in [3.05, 3.63) is 12.2 Å². The normalized spacial score (nSPS) is 22.7. The Kier molecular flexibility index (Phi) is 5.58. The Bertz CT molecular complexity index is 352. The average Bonchev–Trinajstić information content (AvgIpc) is 2.37. The zero-order valence-electron chi connectivity index (χ0n) is 12.6. The number of nitrogens with zero attached hydrogens (tertiary/aromatic N) is 1. The number of methoxy groups -OCH3 is 1. The van der Waals surface area contributed by atoms with Crippen molar-refractivity contribution in [3.63, 3.8) is 0 Å². The van der Waals surface area contributed by atoms with Crippen molar-refractivity contribution in [2.75, 3.05) is 7.11 Å². The predicted molar refractivity (Wildman–Crippen MR) is 74.5 cm³/mol. The summed E-state index contributed by atoms with van der Waals surface area (Å²) < 4.78 is 4.72. The standard InChI is InChI=1S/C15H25NO3/c1-10(2)16(11(3)4)14(17)12-6-8-13(9-7-12)15(18)19-5/h6,8,10-13H,7,9H2,1-5H3. The van der Waals surface area contributed by atoms with Gasteiger partial charge >= 0.3 is 5.97 Å². The molecule has 2 unspecified atom stereocenters. The van der Waals surface area contributed by atoms with Gasteiger partial charge in [-0.1, -0.05) is 12.2 Å². The molecule has 0 bridgehead atoms. The van der Waals surface area contributed by atoms with E-state index < -0.39 is 0 Å². The van der Waals surface area contributed by atoms with E-state index >= 15 is 0 Å². The molecule has 1 aliphatic carbocycles. The minimum atomic E-state index is -0.216. The third kappa shape index (κ3) is 3.82. The highest BCUT2D eigenvalue weighted by Gasteiger charge is 2.30. The van der Waals surface area contributed by atoms with E-state index in [1.165, 1.54) is 7.11 Å². The minimum absolute atomic E-state index is 0.106. The fourth-order valence-corrected chi connectivity index (χ4v) is 2.67. The lowest BCUT2D eigenvalue weighted by Gasteiger charge is -2.34. The molecule has 1 amide bonds. The van der Waals surface area contributed by atoms with Gasteiger partial charge in [0.05, 0.1) is 18.9 Å². The zero-order valence-corrected chi connectivity index (χ0v) is 12.6. The number of carbonyl (C=O) groups is 2. The summed E-state index contributed by atoms with van der Waals surface area (Å²) >= 11 is 0. The van der Waals surface area contributed by atoms with Gasteiger partial charge < -0.3 is 9.64 Å². The number of rotatable bonds is 4. The van der Waals surface area contributed by atoms with Gasteiger partial charge in [0.15, 0.2) is 0 Å². The number of hydrogen-bond acceptors (Lipinski definition) is 3. The monoisotopic (exact) mass is 267 g/mol. The van der Waals surface area contributed by atoms with Gasteiger partial charge in [-0.2, -0.15) is 0 Å². The number of amides is 1. The zero-order chi connectivity index (χ0) is 14.6. The number of hydrogen-bond donors (Lipinski definition) is 0. The summed E-state index contributed by atoms with van der Waals surface area (Å²) in [4.78, 5) is 25.8. The summed E-state index contributed by atoms with van der Waals surface area (Å²) in [6.45, 7) is 8.12. The van der Waals surface area contributed by atoms with Gasteiger partial charge in [-0.25, -0.2) is 0 Å². The van der Waals surface area contributed by atoms with E-state index in [9.17, 15) is 9.59 Å². The Hall–Kier alpha value is -1.32. The summed E-state index contributed by atoms with van der Waals surface area (Å²) in [5.74, 6) is -0.359. The Morgan fingerprint density at radius 2 is 1.53 bits per heavy atom. The first-order valence-electron chi connectivity index (χ1n) is 6.96. The van der Waals surface area contributed by atoms with Gasteiger partial charge in [0.2, 0.25) is 5.91 Å². The number of ether oxygens (including phenoxy) is 1. The summed E-state index contributed by atoms with van der Waals surface area (Å²) in [5.41, 5.74) is 0. The molecule has 0 fully saturated rings. The number of esters is 1. The van der Waals surface area contributed by atoms with Crippen LogP contribution >= 0.6 is 0 Å². The summed E-state index contributed by atoms with van der Waals surface area (Å²) in [6.07, 6.45) is 5.08. The molecule has 0 spiro atoms. The van der Waals surface area contributed by atoms with E-state index in [4.69, 9.17) is 4.74 Å². The van der Waals surface area contributed by atoms with E-state index in [-0.39, 0.29) is 35.8 Å². The van der Waals surface area contributed by atoms with Crippen LogP contribution in [0.3, 0.4) is 0 Å². The van der Waals surface area contributed by atoms with Crippen molar-refractivity contribution in [2.45, 2.75) is 52.6 Å². The Labute approximate surface area is 115 Å². The molecule has 4 heteroatoms. The highest BCUT2D eigenvalue weighted by Crippen LogP contribution is 2.26. The molecular weight excluding hydrogens is 242 g/mol. The fourth-order valence-electron chi connectivity index (χ4n) is 2.67. The minimum Gasteiger partial charge on any atom is -0.469 e. The molecule has 19 heavy (non-hydrogen) atoms. The van der Waals surface area contributed by atoms with Crippen LogP contribution in [0, 0.1) is 11.8 Å². The van der Waals surface area contributed by atoms with Crippen LogP contribution in [0.2, 0.25) is 0 Å². The van der Waals surface area contributed by atoms with Gasteiger partial charge in [0.25, 0.3) is 0 Å².